The van der Waals surface area contributed by atoms with Gasteiger partial charge < -0.3 is 10.2 Å². The standard InChI is InChI=1S/C22H23FN4/c1-3-17-14-21(26-22(24-17)25-20-11-7-6-10-19(20)23)27-13-12-16-8-4-5-9-18(16)15(27)2/h4-11,14-15H,3,12-13H2,1-2H3,(H,24,25,26). The van der Waals surface area contributed by atoms with E-state index in [1.54, 1.807) is 18.2 Å². The number of benzene rings is 2. The molecule has 0 radical (unpaired) electrons. The molecule has 0 amide bonds. The molecule has 1 aliphatic heterocycles. The number of nitrogens with zero attached hydrogens (tertiary/aromatic N) is 3. The normalized spacial score (nSPS) is 16.1. The molecule has 0 saturated carbocycles. The largest absolute Gasteiger partial charge is 0.349 e. The average Bonchev–Trinajstić information content (AvgIpc) is 2.70. The van der Waals surface area contributed by atoms with Crippen LogP contribution in [0.3, 0.4) is 0 Å². The molecule has 2 heterocycles. The van der Waals surface area contributed by atoms with E-state index < -0.39 is 0 Å². The first-order chi connectivity index (χ1) is 13.2. The Bertz CT molecular complexity index is 957. The SMILES string of the molecule is CCc1cc(N2CCc3ccccc3C2C)nc(Nc2ccccc2F)n1. The van der Waals surface area contributed by atoms with Gasteiger partial charge in [-0.25, -0.2) is 9.37 Å². The Labute approximate surface area is 159 Å². The van der Waals surface area contributed by atoms with Crippen LogP contribution in [0.1, 0.15) is 36.7 Å². The Morgan fingerprint density at radius 2 is 1.89 bits per heavy atom. The van der Waals surface area contributed by atoms with Gasteiger partial charge in [0.15, 0.2) is 0 Å². The fourth-order valence-electron chi connectivity index (χ4n) is 3.64. The number of halogens is 1. The van der Waals surface area contributed by atoms with Crippen molar-refractivity contribution in [1.82, 2.24) is 9.97 Å². The first kappa shape index (κ1) is 17.5. The van der Waals surface area contributed by atoms with Gasteiger partial charge in [-0.2, -0.15) is 4.98 Å². The van der Waals surface area contributed by atoms with Crippen LogP contribution in [0.4, 0.5) is 21.8 Å². The minimum absolute atomic E-state index is 0.232. The van der Waals surface area contributed by atoms with Crippen molar-refractivity contribution >= 4 is 17.5 Å². The second-order valence-electron chi connectivity index (χ2n) is 6.82. The Hall–Kier alpha value is -2.95. The molecule has 27 heavy (non-hydrogen) atoms. The Balaban J connectivity index is 1.68. The number of nitrogens with one attached hydrogen (secondary N) is 1. The number of hydrogen-bond acceptors (Lipinski definition) is 4. The molecule has 5 heteroatoms. The molecule has 4 nitrogen and oxygen atoms in total. The molecule has 3 aromatic rings. The van der Waals surface area contributed by atoms with Crippen LogP contribution < -0.4 is 10.2 Å². The number of para-hydroxylation sites is 1. The first-order valence-corrected chi connectivity index (χ1v) is 9.39. The zero-order chi connectivity index (χ0) is 18.8. The van der Waals surface area contributed by atoms with E-state index in [1.807, 2.05) is 6.07 Å². The van der Waals surface area contributed by atoms with Gasteiger partial charge in [-0.15, -0.1) is 0 Å². The van der Waals surface area contributed by atoms with E-state index >= 15 is 0 Å². The lowest BCUT2D eigenvalue weighted by Gasteiger charge is -2.36. The highest BCUT2D eigenvalue weighted by Crippen LogP contribution is 2.33. The molecule has 2 aromatic carbocycles. The zero-order valence-electron chi connectivity index (χ0n) is 15.6. The molecule has 1 aliphatic rings. The molecular weight excluding hydrogens is 339 g/mol. The van der Waals surface area contributed by atoms with Gasteiger partial charge in [0.05, 0.1) is 11.7 Å². The summed E-state index contributed by atoms with van der Waals surface area (Å²) in [5.74, 6) is 0.994. The van der Waals surface area contributed by atoms with Crippen molar-refractivity contribution in [3.63, 3.8) is 0 Å². The van der Waals surface area contributed by atoms with Crippen LogP contribution in [0.25, 0.3) is 0 Å². The number of anilines is 3. The fourth-order valence-corrected chi connectivity index (χ4v) is 3.64. The molecular formula is C22H23FN4. The predicted molar refractivity (Wildman–Crippen MR) is 107 cm³/mol. The van der Waals surface area contributed by atoms with Crippen LogP contribution in [0.15, 0.2) is 54.6 Å². The van der Waals surface area contributed by atoms with Crippen LogP contribution in [-0.2, 0) is 12.8 Å². The van der Waals surface area contributed by atoms with E-state index in [9.17, 15) is 4.39 Å². The second-order valence-corrected chi connectivity index (χ2v) is 6.82. The van der Waals surface area contributed by atoms with Gasteiger partial charge >= 0.3 is 0 Å². The third kappa shape index (κ3) is 3.50. The van der Waals surface area contributed by atoms with Crippen LogP contribution in [0.2, 0.25) is 0 Å². The molecule has 0 bridgehead atoms. The number of aryl methyl sites for hydroxylation is 1. The summed E-state index contributed by atoms with van der Waals surface area (Å²) in [6.45, 7) is 5.17. The third-order valence-electron chi connectivity index (χ3n) is 5.14. The van der Waals surface area contributed by atoms with Crippen molar-refractivity contribution in [2.45, 2.75) is 32.7 Å². The van der Waals surface area contributed by atoms with Crippen LogP contribution in [0, 0.1) is 5.82 Å². The highest BCUT2D eigenvalue weighted by Gasteiger charge is 2.25. The third-order valence-corrected chi connectivity index (χ3v) is 5.14. The molecule has 1 unspecified atom stereocenters. The highest BCUT2D eigenvalue weighted by atomic mass is 19.1. The molecule has 1 N–H and O–H groups in total. The molecule has 138 valence electrons. The lowest BCUT2D eigenvalue weighted by molar-refractivity contribution is 0.615. The minimum atomic E-state index is -0.315. The van der Waals surface area contributed by atoms with E-state index in [0.717, 1.165) is 30.9 Å². The smallest absolute Gasteiger partial charge is 0.229 e. The topological polar surface area (TPSA) is 41.1 Å². The number of hydrogen-bond donors (Lipinski definition) is 1. The number of aromatic nitrogens is 2. The van der Waals surface area contributed by atoms with Crippen molar-refractivity contribution in [1.29, 1.82) is 0 Å². The maximum absolute atomic E-state index is 14.0. The summed E-state index contributed by atoms with van der Waals surface area (Å²) in [4.78, 5) is 11.5. The van der Waals surface area contributed by atoms with E-state index in [2.05, 4.69) is 53.3 Å². The van der Waals surface area contributed by atoms with E-state index in [4.69, 9.17) is 4.98 Å². The lowest BCUT2D eigenvalue weighted by Crippen LogP contribution is -2.34. The Morgan fingerprint density at radius 3 is 2.70 bits per heavy atom. The number of rotatable bonds is 4. The summed E-state index contributed by atoms with van der Waals surface area (Å²) in [5, 5.41) is 3.04. The summed E-state index contributed by atoms with van der Waals surface area (Å²) >= 11 is 0. The van der Waals surface area contributed by atoms with Crippen molar-refractivity contribution in [2.24, 2.45) is 0 Å². The maximum Gasteiger partial charge on any atom is 0.229 e. The van der Waals surface area contributed by atoms with Crippen molar-refractivity contribution in [3.05, 3.63) is 77.2 Å². The maximum atomic E-state index is 14.0. The monoisotopic (exact) mass is 362 g/mol. The highest BCUT2D eigenvalue weighted by molar-refractivity contribution is 5.57. The summed E-state index contributed by atoms with van der Waals surface area (Å²) in [7, 11) is 0. The predicted octanol–water partition coefficient (Wildman–Crippen LogP) is 5.05. The summed E-state index contributed by atoms with van der Waals surface area (Å²) < 4.78 is 14.0. The summed E-state index contributed by atoms with van der Waals surface area (Å²) in [5.41, 5.74) is 4.05. The van der Waals surface area contributed by atoms with Crippen LogP contribution >= 0.6 is 0 Å². The van der Waals surface area contributed by atoms with Gasteiger partial charge in [0.25, 0.3) is 0 Å². The molecule has 1 atom stereocenters. The molecule has 0 saturated heterocycles. The van der Waals surface area contributed by atoms with E-state index in [-0.39, 0.29) is 11.9 Å². The second kappa shape index (κ2) is 7.35. The average molecular weight is 362 g/mol. The van der Waals surface area contributed by atoms with E-state index in [0.29, 0.717) is 11.6 Å². The van der Waals surface area contributed by atoms with Crippen LogP contribution in [0.5, 0.6) is 0 Å². The van der Waals surface area contributed by atoms with Gasteiger partial charge in [0, 0.05) is 18.3 Å². The molecule has 1 aromatic heterocycles. The van der Waals surface area contributed by atoms with E-state index in [1.165, 1.54) is 17.2 Å². The van der Waals surface area contributed by atoms with Crippen molar-refractivity contribution in [3.8, 4) is 0 Å². The fraction of sp³-hybridized carbons (Fsp3) is 0.273. The molecule has 0 aliphatic carbocycles. The van der Waals surface area contributed by atoms with Gasteiger partial charge in [0.1, 0.15) is 11.6 Å². The van der Waals surface area contributed by atoms with Crippen molar-refractivity contribution in [2.75, 3.05) is 16.8 Å². The quantitative estimate of drug-likeness (QED) is 0.705. The Morgan fingerprint density at radius 1 is 1.11 bits per heavy atom. The van der Waals surface area contributed by atoms with Gasteiger partial charge in [-0.3, -0.25) is 0 Å². The van der Waals surface area contributed by atoms with Gasteiger partial charge in [-0.1, -0.05) is 43.3 Å². The van der Waals surface area contributed by atoms with Gasteiger partial charge in [0.2, 0.25) is 5.95 Å². The van der Waals surface area contributed by atoms with Crippen molar-refractivity contribution < 1.29 is 4.39 Å². The Kier molecular flexibility index (Phi) is 4.75. The summed E-state index contributed by atoms with van der Waals surface area (Å²) in [6.07, 6.45) is 1.78. The first-order valence-electron chi connectivity index (χ1n) is 9.39. The van der Waals surface area contributed by atoms with Gasteiger partial charge in [-0.05, 0) is 43.0 Å². The summed E-state index contributed by atoms with van der Waals surface area (Å²) in [6, 6.07) is 17.4. The lowest BCUT2D eigenvalue weighted by atomic mass is 9.93. The molecule has 0 spiro atoms. The molecule has 4 rings (SSSR count). The number of fused-ring (bicyclic) bond motifs is 1. The van der Waals surface area contributed by atoms with Crippen LogP contribution in [-0.4, -0.2) is 16.5 Å². The zero-order valence-corrected chi connectivity index (χ0v) is 15.6. The molecule has 0 fully saturated rings. The minimum Gasteiger partial charge on any atom is -0.349 e.